The Labute approximate surface area is 65.5 Å². The Kier molecular flexibility index (Phi) is 1.44. The third kappa shape index (κ3) is 0.932. The van der Waals surface area contributed by atoms with Crippen molar-refractivity contribution in [2.45, 2.75) is 0 Å². The Morgan fingerprint density at radius 3 is 3.00 bits per heavy atom. The molecule has 0 amide bonds. The number of hydrogen-bond donors (Lipinski definition) is 0. The normalized spacial score (nSPS) is 10.0. The van der Waals surface area contributed by atoms with Crippen molar-refractivity contribution in [3.8, 4) is 9.88 Å². The van der Waals surface area contributed by atoms with Crippen LogP contribution in [0, 0.1) is 0 Å². The molecule has 0 unspecified atom stereocenters. The average molecular weight is 169 g/mol. The Morgan fingerprint density at radius 1 is 1.40 bits per heavy atom. The summed E-state index contributed by atoms with van der Waals surface area (Å²) in [6, 6.07) is 3.99. The summed E-state index contributed by atoms with van der Waals surface area (Å²) >= 11 is 2.97. The van der Waals surface area contributed by atoms with Crippen LogP contribution in [0.5, 0.6) is 0 Å². The fraction of sp³-hybridized carbons (Fsp3) is 0. The lowest BCUT2D eigenvalue weighted by Crippen LogP contribution is -1.69. The molecule has 0 atom stereocenters. The maximum atomic E-state index is 3.83. The maximum absolute atomic E-state index is 3.83. The van der Waals surface area contributed by atoms with Gasteiger partial charge in [0.05, 0.1) is 4.88 Å². The van der Waals surface area contributed by atoms with Crippen LogP contribution in [0.2, 0.25) is 0 Å². The molecular formula is C5H3N3S2. The van der Waals surface area contributed by atoms with Gasteiger partial charge >= 0.3 is 0 Å². The van der Waals surface area contributed by atoms with Gasteiger partial charge in [-0.1, -0.05) is 10.6 Å². The molecule has 0 aliphatic carbocycles. The van der Waals surface area contributed by atoms with Gasteiger partial charge in [-0.15, -0.1) is 16.4 Å². The first-order chi connectivity index (χ1) is 4.97. The summed E-state index contributed by atoms with van der Waals surface area (Å²) in [4.78, 5) is 1.13. The van der Waals surface area contributed by atoms with E-state index >= 15 is 0 Å². The van der Waals surface area contributed by atoms with Crippen LogP contribution in [0.4, 0.5) is 0 Å². The number of hydrogen-bond acceptors (Lipinski definition) is 5. The van der Waals surface area contributed by atoms with E-state index in [-0.39, 0.29) is 0 Å². The molecule has 0 N–H and O–H groups in total. The molecule has 50 valence electrons. The zero-order chi connectivity index (χ0) is 6.81. The van der Waals surface area contributed by atoms with Crippen molar-refractivity contribution in [1.82, 2.24) is 14.8 Å². The molecule has 2 aromatic heterocycles. The summed E-state index contributed by atoms with van der Waals surface area (Å²) in [6.45, 7) is 0. The van der Waals surface area contributed by atoms with Crippen LogP contribution in [-0.2, 0) is 0 Å². The minimum Gasteiger partial charge on any atom is -0.141 e. The van der Waals surface area contributed by atoms with Crippen LogP contribution >= 0.6 is 22.9 Å². The maximum Gasteiger partial charge on any atom is 0.177 e. The summed E-state index contributed by atoms with van der Waals surface area (Å²) < 4.78 is 3.67. The first-order valence-electron chi connectivity index (χ1n) is 2.66. The molecular weight excluding hydrogens is 166 g/mol. The van der Waals surface area contributed by atoms with Crippen molar-refractivity contribution in [1.29, 1.82) is 0 Å². The van der Waals surface area contributed by atoms with E-state index in [0.717, 1.165) is 9.88 Å². The van der Waals surface area contributed by atoms with Gasteiger partial charge in [-0.3, -0.25) is 0 Å². The fourth-order valence-electron chi connectivity index (χ4n) is 0.629. The Balaban J connectivity index is 2.48. The molecule has 0 fully saturated rings. The quantitative estimate of drug-likeness (QED) is 0.651. The standard InChI is InChI=1S/C5H3N3S2/c1-2-4(9-3-1)5-6-7-8-10-5/h1-3H. The lowest BCUT2D eigenvalue weighted by atomic mass is 10.5. The summed E-state index contributed by atoms with van der Waals surface area (Å²) in [6.07, 6.45) is 0. The van der Waals surface area contributed by atoms with Crippen LogP contribution in [0.15, 0.2) is 17.5 Å². The fourth-order valence-corrected chi connectivity index (χ4v) is 1.87. The predicted octanol–water partition coefficient (Wildman–Crippen LogP) is 1.66. The number of thiophene rings is 1. The van der Waals surface area contributed by atoms with Gasteiger partial charge in [0.25, 0.3) is 0 Å². The smallest absolute Gasteiger partial charge is 0.141 e. The third-order valence-electron chi connectivity index (χ3n) is 1.03. The summed E-state index contributed by atoms with van der Waals surface area (Å²) in [5.41, 5.74) is 0. The molecule has 0 saturated carbocycles. The van der Waals surface area contributed by atoms with Gasteiger partial charge in [-0.25, -0.2) is 0 Å². The molecule has 5 heteroatoms. The molecule has 0 bridgehead atoms. The molecule has 0 radical (unpaired) electrons. The van der Waals surface area contributed by atoms with E-state index in [1.165, 1.54) is 11.5 Å². The molecule has 2 rings (SSSR count). The van der Waals surface area contributed by atoms with Gasteiger partial charge in [0.1, 0.15) is 0 Å². The summed E-state index contributed by atoms with van der Waals surface area (Å²) in [5.74, 6) is 0. The molecule has 0 aliphatic heterocycles. The topological polar surface area (TPSA) is 38.7 Å². The van der Waals surface area contributed by atoms with Gasteiger partial charge in [-0.05, 0) is 16.7 Å². The van der Waals surface area contributed by atoms with Crippen LogP contribution in [0.1, 0.15) is 0 Å². The van der Waals surface area contributed by atoms with Crippen LogP contribution < -0.4 is 0 Å². The molecule has 0 saturated heterocycles. The van der Waals surface area contributed by atoms with Crippen molar-refractivity contribution in [2.75, 3.05) is 0 Å². The van der Waals surface area contributed by atoms with Crippen molar-refractivity contribution in [2.24, 2.45) is 0 Å². The number of nitrogens with zero attached hydrogens (tertiary/aromatic N) is 3. The largest absolute Gasteiger partial charge is 0.177 e. The van der Waals surface area contributed by atoms with Gasteiger partial charge in [0, 0.05) is 11.5 Å². The zero-order valence-corrected chi connectivity index (χ0v) is 6.52. The second-order valence-corrected chi connectivity index (χ2v) is 3.33. The second-order valence-electron chi connectivity index (χ2n) is 1.64. The lowest BCUT2D eigenvalue weighted by Gasteiger charge is -1.79. The predicted molar refractivity (Wildman–Crippen MR) is 41.0 cm³/mol. The van der Waals surface area contributed by atoms with Gasteiger partial charge < -0.3 is 0 Å². The minimum absolute atomic E-state index is 0.898. The molecule has 10 heavy (non-hydrogen) atoms. The van der Waals surface area contributed by atoms with E-state index in [1.807, 2.05) is 17.5 Å². The van der Waals surface area contributed by atoms with E-state index in [1.54, 1.807) is 11.3 Å². The Hall–Kier alpha value is -0.810. The molecule has 0 aliphatic rings. The van der Waals surface area contributed by atoms with Crippen molar-refractivity contribution in [3.05, 3.63) is 17.5 Å². The van der Waals surface area contributed by atoms with E-state index in [9.17, 15) is 0 Å². The van der Waals surface area contributed by atoms with Crippen LogP contribution in [-0.4, -0.2) is 14.8 Å². The summed E-state index contributed by atoms with van der Waals surface area (Å²) in [7, 11) is 0. The minimum atomic E-state index is 0.898. The van der Waals surface area contributed by atoms with Crippen LogP contribution in [0.3, 0.4) is 0 Å². The Morgan fingerprint density at radius 2 is 2.40 bits per heavy atom. The van der Waals surface area contributed by atoms with Gasteiger partial charge in [0.2, 0.25) is 0 Å². The SMILES string of the molecule is c1csc(-c2nnns2)c1. The molecule has 2 aromatic rings. The monoisotopic (exact) mass is 169 g/mol. The highest BCUT2D eigenvalue weighted by molar-refractivity contribution is 7.18. The Bertz CT molecular complexity index is 254. The molecule has 0 spiro atoms. The second kappa shape index (κ2) is 2.43. The highest BCUT2D eigenvalue weighted by atomic mass is 32.1. The van der Waals surface area contributed by atoms with E-state index in [2.05, 4.69) is 14.8 Å². The van der Waals surface area contributed by atoms with Crippen molar-refractivity contribution < 1.29 is 0 Å². The number of rotatable bonds is 1. The number of aromatic nitrogens is 3. The van der Waals surface area contributed by atoms with Gasteiger partial charge in [0.15, 0.2) is 5.01 Å². The third-order valence-corrected chi connectivity index (χ3v) is 2.67. The lowest BCUT2D eigenvalue weighted by molar-refractivity contribution is 0.962. The van der Waals surface area contributed by atoms with E-state index in [4.69, 9.17) is 0 Å². The van der Waals surface area contributed by atoms with Crippen LogP contribution in [0.25, 0.3) is 9.88 Å². The molecule has 2 heterocycles. The molecule has 0 aromatic carbocycles. The molecule has 3 nitrogen and oxygen atoms in total. The average Bonchev–Trinajstić information content (AvgIpc) is 2.59. The first kappa shape index (κ1) is 5.94. The zero-order valence-electron chi connectivity index (χ0n) is 4.89. The van der Waals surface area contributed by atoms with E-state index in [0.29, 0.717) is 0 Å². The van der Waals surface area contributed by atoms with E-state index < -0.39 is 0 Å². The first-order valence-corrected chi connectivity index (χ1v) is 4.31. The summed E-state index contributed by atoms with van der Waals surface area (Å²) in [5, 5.41) is 10.2. The van der Waals surface area contributed by atoms with Gasteiger partial charge in [-0.2, -0.15) is 0 Å². The van der Waals surface area contributed by atoms with Crippen molar-refractivity contribution in [3.63, 3.8) is 0 Å². The highest BCUT2D eigenvalue weighted by Gasteiger charge is 2.00. The highest BCUT2D eigenvalue weighted by Crippen LogP contribution is 2.23. The van der Waals surface area contributed by atoms with Crippen molar-refractivity contribution >= 4 is 22.9 Å².